The number of ether oxygens (including phenoxy) is 1. The van der Waals surface area contributed by atoms with Gasteiger partial charge in [0.15, 0.2) is 5.11 Å². The van der Waals surface area contributed by atoms with Crippen LogP contribution in [0.1, 0.15) is 29.8 Å². The fraction of sp³-hybridized carbons (Fsp3) is 0.263. The molecule has 0 aromatic heterocycles. The minimum absolute atomic E-state index is 0.239. The zero-order valence-electron chi connectivity index (χ0n) is 14.4. The molecular formula is C19H21BrN2O2S. The average molecular weight is 421 g/mol. The van der Waals surface area contributed by atoms with Crippen molar-refractivity contribution in [2.24, 2.45) is 5.92 Å². The molecule has 0 atom stereocenters. The van der Waals surface area contributed by atoms with Gasteiger partial charge in [-0.15, -0.1) is 0 Å². The SMILES string of the molecule is Cc1ccc(C(=O)NC(=S)Nc2cccc(OCC(C)C)c2)cc1Br. The number of nitrogens with one attached hydrogen (secondary N) is 2. The van der Waals surface area contributed by atoms with Gasteiger partial charge in [-0.25, -0.2) is 0 Å². The first kappa shape index (κ1) is 19.4. The number of carbonyl (C=O) groups is 1. The van der Waals surface area contributed by atoms with Crippen molar-refractivity contribution in [2.45, 2.75) is 20.8 Å². The van der Waals surface area contributed by atoms with Crippen LogP contribution in [0.3, 0.4) is 0 Å². The largest absolute Gasteiger partial charge is 0.493 e. The van der Waals surface area contributed by atoms with Gasteiger partial charge < -0.3 is 10.1 Å². The minimum atomic E-state index is -0.259. The normalized spacial score (nSPS) is 10.4. The molecule has 1 amide bonds. The highest BCUT2D eigenvalue weighted by molar-refractivity contribution is 9.10. The highest BCUT2D eigenvalue weighted by Gasteiger charge is 2.09. The number of amides is 1. The number of rotatable bonds is 5. The maximum atomic E-state index is 12.3. The first-order valence-electron chi connectivity index (χ1n) is 7.96. The van der Waals surface area contributed by atoms with Gasteiger partial charge in [-0.1, -0.05) is 41.9 Å². The molecule has 0 aliphatic carbocycles. The van der Waals surface area contributed by atoms with E-state index in [-0.39, 0.29) is 11.0 Å². The van der Waals surface area contributed by atoms with Crippen LogP contribution in [0.25, 0.3) is 0 Å². The summed E-state index contributed by atoms with van der Waals surface area (Å²) in [7, 11) is 0. The third kappa shape index (κ3) is 6.14. The van der Waals surface area contributed by atoms with E-state index in [0.29, 0.717) is 18.1 Å². The molecule has 0 unspecified atom stereocenters. The summed E-state index contributed by atoms with van der Waals surface area (Å²) in [6, 6.07) is 12.9. The molecule has 0 heterocycles. The summed E-state index contributed by atoms with van der Waals surface area (Å²) in [6.07, 6.45) is 0. The zero-order valence-corrected chi connectivity index (χ0v) is 16.8. The molecule has 0 spiro atoms. The van der Waals surface area contributed by atoms with E-state index in [4.69, 9.17) is 17.0 Å². The van der Waals surface area contributed by atoms with E-state index in [9.17, 15) is 4.79 Å². The van der Waals surface area contributed by atoms with E-state index in [1.807, 2.05) is 37.3 Å². The van der Waals surface area contributed by atoms with Gasteiger partial charge in [-0.05, 0) is 54.9 Å². The molecule has 0 aliphatic rings. The number of halogens is 1. The number of hydrogen-bond donors (Lipinski definition) is 2. The molecular weight excluding hydrogens is 400 g/mol. The lowest BCUT2D eigenvalue weighted by Crippen LogP contribution is -2.34. The lowest BCUT2D eigenvalue weighted by Gasteiger charge is -2.12. The van der Waals surface area contributed by atoms with Crippen molar-refractivity contribution in [3.63, 3.8) is 0 Å². The zero-order chi connectivity index (χ0) is 18.4. The molecule has 25 heavy (non-hydrogen) atoms. The van der Waals surface area contributed by atoms with E-state index < -0.39 is 0 Å². The third-order valence-electron chi connectivity index (χ3n) is 3.34. The topological polar surface area (TPSA) is 50.4 Å². The van der Waals surface area contributed by atoms with Crippen molar-refractivity contribution in [1.29, 1.82) is 0 Å². The van der Waals surface area contributed by atoms with Crippen LogP contribution in [0.5, 0.6) is 5.75 Å². The summed E-state index contributed by atoms with van der Waals surface area (Å²) in [5.41, 5.74) is 2.36. The summed E-state index contributed by atoms with van der Waals surface area (Å²) in [5.74, 6) is 0.950. The second kappa shape index (κ2) is 8.97. The highest BCUT2D eigenvalue weighted by Crippen LogP contribution is 2.19. The number of carbonyl (C=O) groups excluding carboxylic acids is 1. The van der Waals surface area contributed by atoms with Gasteiger partial charge >= 0.3 is 0 Å². The number of thiocarbonyl (C=S) groups is 1. The van der Waals surface area contributed by atoms with Gasteiger partial charge in [-0.3, -0.25) is 10.1 Å². The quantitative estimate of drug-likeness (QED) is 0.673. The van der Waals surface area contributed by atoms with Gasteiger partial charge in [0, 0.05) is 21.8 Å². The van der Waals surface area contributed by atoms with E-state index in [0.717, 1.165) is 21.5 Å². The molecule has 2 aromatic carbocycles. The molecule has 0 saturated carbocycles. The van der Waals surface area contributed by atoms with Crippen LogP contribution in [-0.2, 0) is 0 Å². The summed E-state index contributed by atoms with van der Waals surface area (Å²) >= 11 is 8.65. The summed E-state index contributed by atoms with van der Waals surface area (Å²) in [4.78, 5) is 12.3. The predicted molar refractivity (Wildman–Crippen MR) is 109 cm³/mol. The molecule has 6 heteroatoms. The van der Waals surface area contributed by atoms with Gasteiger partial charge in [0.25, 0.3) is 5.91 Å². The van der Waals surface area contributed by atoms with Crippen LogP contribution in [-0.4, -0.2) is 17.6 Å². The van der Waals surface area contributed by atoms with Crippen molar-refractivity contribution in [1.82, 2.24) is 5.32 Å². The Morgan fingerprint density at radius 2 is 2.00 bits per heavy atom. The van der Waals surface area contributed by atoms with Crippen molar-refractivity contribution in [3.8, 4) is 5.75 Å². The Labute approximate surface area is 162 Å². The van der Waals surface area contributed by atoms with Gasteiger partial charge in [-0.2, -0.15) is 0 Å². The van der Waals surface area contributed by atoms with Crippen molar-refractivity contribution >= 4 is 44.9 Å². The molecule has 0 radical (unpaired) electrons. The Kier molecular flexibility index (Phi) is 6.96. The standard InChI is InChI=1S/C19H21BrN2O2S/c1-12(2)11-24-16-6-4-5-15(10-16)21-19(25)22-18(23)14-8-7-13(3)17(20)9-14/h4-10,12H,11H2,1-3H3,(H2,21,22,23,25). The smallest absolute Gasteiger partial charge is 0.257 e. The number of benzene rings is 2. The molecule has 0 aliphatic heterocycles. The van der Waals surface area contributed by atoms with Gasteiger partial charge in [0.1, 0.15) is 5.75 Å². The molecule has 2 N–H and O–H groups in total. The summed E-state index contributed by atoms with van der Waals surface area (Å²) < 4.78 is 6.57. The Bertz CT molecular complexity index is 778. The second-order valence-electron chi connectivity index (χ2n) is 6.10. The maximum absolute atomic E-state index is 12.3. The van der Waals surface area contributed by atoms with Gasteiger partial charge in [0.2, 0.25) is 0 Å². The van der Waals surface area contributed by atoms with Crippen LogP contribution < -0.4 is 15.4 Å². The van der Waals surface area contributed by atoms with E-state index in [1.165, 1.54) is 0 Å². The van der Waals surface area contributed by atoms with E-state index in [1.54, 1.807) is 12.1 Å². The molecule has 2 aromatic rings. The minimum Gasteiger partial charge on any atom is -0.493 e. The van der Waals surface area contributed by atoms with Crippen LogP contribution in [0.4, 0.5) is 5.69 Å². The molecule has 132 valence electrons. The maximum Gasteiger partial charge on any atom is 0.257 e. The number of aryl methyl sites for hydroxylation is 1. The Morgan fingerprint density at radius 3 is 2.68 bits per heavy atom. The molecule has 4 nitrogen and oxygen atoms in total. The van der Waals surface area contributed by atoms with Crippen LogP contribution in [0.15, 0.2) is 46.9 Å². The monoisotopic (exact) mass is 420 g/mol. The summed E-state index contributed by atoms with van der Waals surface area (Å²) in [6.45, 7) is 6.80. The third-order valence-corrected chi connectivity index (χ3v) is 4.39. The molecule has 0 bridgehead atoms. The lowest BCUT2D eigenvalue weighted by atomic mass is 10.1. The first-order chi connectivity index (χ1) is 11.8. The van der Waals surface area contributed by atoms with Crippen LogP contribution >= 0.6 is 28.1 Å². The average Bonchev–Trinajstić information content (AvgIpc) is 2.55. The van der Waals surface area contributed by atoms with Crippen molar-refractivity contribution in [3.05, 3.63) is 58.1 Å². The van der Waals surface area contributed by atoms with Gasteiger partial charge in [0.05, 0.1) is 6.61 Å². The van der Waals surface area contributed by atoms with E-state index >= 15 is 0 Å². The Morgan fingerprint density at radius 1 is 1.24 bits per heavy atom. The summed E-state index contributed by atoms with van der Waals surface area (Å²) in [5, 5.41) is 5.92. The van der Waals surface area contributed by atoms with Crippen molar-refractivity contribution in [2.75, 3.05) is 11.9 Å². The van der Waals surface area contributed by atoms with Crippen molar-refractivity contribution < 1.29 is 9.53 Å². The Hall–Kier alpha value is -1.92. The number of hydrogen-bond acceptors (Lipinski definition) is 3. The van der Waals surface area contributed by atoms with Crippen LogP contribution in [0.2, 0.25) is 0 Å². The Balaban J connectivity index is 1.96. The lowest BCUT2D eigenvalue weighted by molar-refractivity contribution is 0.0977. The second-order valence-corrected chi connectivity index (χ2v) is 7.37. The fourth-order valence-corrected chi connectivity index (χ4v) is 2.59. The predicted octanol–water partition coefficient (Wildman–Crippen LogP) is 4.92. The highest BCUT2D eigenvalue weighted by atomic mass is 79.9. The first-order valence-corrected chi connectivity index (χ1v) is 9.16. The molecule has 2 rings (SSSR count). The molecule has 0 fully saturated rings. The van der Waals surface area contributed by atoms with Crippen LogP contribution in [0, 0.1) is 12.8 Å². The number of anilines is 1. The fourth-order valence-electron chi connectivity index (χ4n) is 2.00. The van der Waals surface area contributed by atoms with E-state index in [2.05, 4.69) is 40.4 Å². The molecule has 0 saturated heterocycles.